The van der Waals surface area contributed by atoms with Gasteiger partial charge in [0.15, 0.2) is 0 Å². The van der Waals surface area contributed by atoms with Crippen LogP contribution in [0.25, 0.3) is 17.0 Å². The van der Waals surface area contributed by atoms with Crippen molar-refractivity contribution in [1.29, 1.82) is 0 Å². The summed E-state index contributed by atoms with van der Waals surface area (Å²) in [6, 6.07) is 13.3. The predicted molar refractivity (Wildman–Crippen MR) is 120 cm³/mol. The van der Waals surface area contributed by atoms with Crippen LogP contribution >= 0.6 is 11.8 Å². The number of methoxy groups -OCH3 is 1. The van der Waals surface area contributed by atoms with Gasteiger partial charge in [-0.25, -0.2) is 9.18 Å². The first-order valence-corrected chi connectivity index (χ1v) is 11.3. The predicted octanol–water partition coefficient (Wildman–Crippen LogP) is 4.74. The first kappa shape index (κ1) is 22.0. The van der Waals surface area contributed by atoms with Gasteiger partial charge in [0, 0.05) is 23.3 Å². The molecule has 3 aromatic rings. The van der Waals surface area contributed by atoms with Crippen molar-refractivity contribution < 1.29 is 18.4 Å². The summed E-state index contributed by atoms with van der Waals surface area (Å²) in [6.45, 7) is 2.60. The number of carbonyl (C=O) groups excluding carboxylic acids is 1. The van der Waals surface area contributed by atoms with Gasteiger partial charge in [0.25, 0.3) is 5.89 Å². The fraction of sp³-hybridized carbons (Fsp3) is 0.261. The molecule has 0 fully saturated rings. The molecule has 0 radical (unpaired) electrons. The number of nitrogens with zero attached hydrogens (tertiary/aromatic N) is 3. The number of aromatic nitrogens is 2. The van der Waals surface area contributed by atoms with Crippen LogP contribution in [0, 0.1) is 5.82 Å². The second kappa shape index (κ2) is 9.54. The van der Waals surface area contributed by atoms with E-state index in [1.165, 1.54) is 12.1 Å². The lowest BCUT2D eigenvalue weighted by atomic mass is 9.94. The quantitative estimate of drug-likeness (QED) is 0.520. The van der Waals surface area contributed by atoms with E-state index in [0.29, 0.717) is 30.0 Å². The third-order valence-electron chi connectivity index (χ3n) is 5.30. The first-order chi connectivity index (χ1) is 15.5. The Balaban J connectivity index is 1.79. The van der Waals surface area contributed by atoms with Gasteiger partial charge in [-0.2, -0.15) is 4.98 Å². The zero-order chi connectivity index (χ0) is 22.7. The number of amides is 2. The van der Waals surface area contributed by atoms with Gasteiger partial charge in [0.2, 0.25) is 5.82 Å². The molecule has 2 aromatic carbocycles. The fourth-order valence-electron chi connectivity index (χ4n) is 3.63. The van der Waals surface area contributed by atoms with Crippen LogP contribution < -0.4 is 5.32 Å². The molecule has 32 heavy (non-hydrogen) atoms. The Bertz CT molecular complexity index is 1150. The number of ether oxygens (including phenoxy) is 1. The molecule has 2 amide bonds. The number of rotatable bonds is 7. The highest BCUT2D eigenvalue weighted by atomic mass is 32.2. The Hall–Kier alpha value is -3.17. The molecule has 2 heterocycles. The van der Waals surface area contributed by atoms with Crippen molar-refractivity contribution in [3.8, 4) is 11.4 Å². The summed E-state index contributed by atoms with van der Waals surface area (Å²) in [6.07, 6.45) is 2.01. The van der Waals surface area contributed by atoms with Crippen LogP contribution in [0.15, 0.2) is 63.6 Å². The summed E-state index contributed by atoms with van der Waals surface area (Å²) in [5.74, 6) is 0.159. The summed E-state index contributed by atoms with van der Waals surface area (Å²) in [4.78, 5) is 20.1. The van der Waals surface area contributed by atoms with E-state index < -0.39 is 6.04 Å². The lowest BCUT2D eigenvalue weighted by Crippen LogP contribution is -2.47. The number of urea groups is 1. The average Bonchev–Trinajstić information content (AvgIpc) is 3.28. The Labute approximate surface area is 189 Å². The van der Waals surface area contributed by atoms with Crippen molar-refractivity contribution in [2.24, 2.45) is 0 Å². The Kier molecular flexibility index (Phi) is 6.57. The third-order valence-corrected chi connectivity index (χ3v) is 6.05. The Morgan fingerprint density at radius 2 is 2.03 bits per heavy atom. The van der Waals surface area contributed by atoms with Crippen molar-refractivity contribution in [2.75, 3.05) is 26.5 Å². The smallest absolute Gasteiger partial charge is 0.322 e. The summed E-state index contributed by atoms with van der Waals surface area (Å²) >= 11 is 1.64. The third kappa shape index (κ3) is 4.39. The minimum Gasteiger partial charge on any atom is -0.383 e. The monoisotopic (exact) mass is 454 g/mol. The van der Waals surface area contributed by atoms with Gasteiger partial charge in [-0.3, -0.25) is 4.90 Å². The summed E-state index contributed by atoms with van der Waals surface area (Å²) in [7, 11) is 1.58. The number of thioether (sulfide) groups is 1. The van der Waals surface area contributed by atoms with Crippen LogP contribution in [0.3, 0.4) is 0 Å². The second-order valence-corrected chi connectivity index (χ2v) is 8.11. The molecule has 0 spiro atoms. The van der Waals surface area contributed by atoms with E-state index in [0.717, 1.165) is 10.5 Å². The molecular formula is C23H23FN4O3S. The molecule has 1 unspecified atom stereocenters. The van der Waals surface area contributed by atoms with Gasteiger partial charge in [-0.1, -0.05) is 29.4 Å². The second-order valence-electron chi connectivity index (χ2n) is 7.23. The molecule has 1 aliphatic rings. The number of nitrogens with one attached hydrogen (secondary N) is 1. The maximum atomic E-state index is 13.7. The van der Waals surface area contributed by atoms with E-state index in [4.69, 9.17) is 9.26 Å². The maximum Gasteiger partial charge on any atom is 0.322 e. The molecule has 0 bridgehead atoms. The van der Waals surface area contributed by atoms with Crippen molar-refractivity contribution in [3.63, 3.8) is 0 Å². The minimum absolute atomic E-state index is 0.230. The molecular weight excluding hydrogens is 431 g/mol. The van der Waals surface area contributed by atoms with Crippen LogP contribution in [0.1, 0.15) is 24.4 Å². The molecule has 166 valence electrons. The van der Waals surface area contributed by atoms with Crippen LogP contribution in [-0.4, -0.2) is 47.6 Å². The maximum absolute atomic E-state index is 13.7. The Morgan fingerprint density at radius 1 is 1.25 bits per heavy atom. The van der Waals surface area contributed by atoms with Crippen molar-refractivity contribution in [1.82, 2.24) is 20.4 Å². The molecule has 9 heteroatoms. The van der Waals surface area contributed by atoms with Crippen LogP contribution in [0.4, 0.5) is 9.18 Å². The molecule has 1 aromatic heterocycles. The van der Waals surface area contributed by atoms with Crippen molar-refractivity contribution in [3.05, 3.63) is 71.5 Å². The normalized spacial score (nSPS) is 16.4. The summed E-state index contributed by atoms with van der Waals surface area (Å²) in [5.41, 5.74) is 2.78. The van der Waals surface area contributed by atoms with E-state index in [9.17, 15) is 9.18 Å². The molecule has 7 nitrogen and oxygen atoms in total. The Morgan fingerprint density at radius 3 is 2.72 bits per heavy atom. The van der Waals surface area contributed by atoms with Gasteiger partial charge in [0.1, 0.15) is 5.82 Å². The zero-order valence-electron chi connectivity index (χ0n) is 18.0. The molecule has 0 saturated heterocycles. The number of allylic oxidation sites excluding steroid dienone is 1. The van der Waals surface area contributed by atoms with E-state index in [2.05, 4.69) is 15.5 Å². The molecule has 1 aliphatic heterocycles. The SMILES string of the molecule is COCCN1C(=O)NC(c2ccc(SC)cc2)C(c2nc(-c3cccc(F)c3)no2)=C1C. The average molecular weight is 455 g/mol. The molecule has 1 N–H and O–H groups in total. The minimum atomic E-state index is -0.474. The molecule has 1 atom stereocenters. The molecule has 0 aliphatic carbocycles. The van der Waals surface area contributed by atoms with Gasteiger partial charge >= 0.3 is 6.03 Å². The lowest BCUT2D eigenvalue weighted by Gasteiger charge is -2.35. The number of carbonyl (C=O) groups is 1. The van der Waals surface area contributed by atoms with E-state index in [1.807, 2.05) is 37.4 Å². The standard InChI is InChI=1S/C23H23FN4O3S/c1-14-19(22-26-21(27-31-22)16-5-4-6-17(24)13-16)20(15-7-9-18(32-3)10-8-15)25-23(29)28(14)11-12-30-2/h4-10,13,20H,11-12H2,1-3H3,(H,25,29). The van der Waals surface area contributed by atoms with Crippen LogP contribution in [-0.2, 0) is 4.74 Å². The van der Waals surface area contributed by atoms with Crippen molar-refractivity contribution >= 4 is 23.4 Å². The van der Waals surface area contributed by atoms with Gasteiger partial charge in [0.05, 0.1) is 24.8 Å². The largest absolute Gasteiger partial charge is 0.383 e. The highest BCUT2D eigenvalue weighted by molar-refractivity contribution is 7.98. The molecule has 0 saturated carbocycles. The summed E-state index contributed by atoms with van der Waals surface area (Å²) in [5, 5.41) is 7.10. The highest BCUT2D eigenvalue weighted by Gasteiger charge is 2.35. The van der Waals surface area contributed by atoms with Crippen LogP contribution in [0.2, 0.25) is 0 Å². The fourth-order valence-corrected chi connectivity index (χ4v) is 4.04. The van der Waals surface area contributed by atoms with Crippen molar-refractivity contribution in [2.45, 2.75) is 17.9 Å². The first-order valence-electron chi connectivity index (χ1n) is 10.0. The van der Waals surface area contributed by atoms with Gasteiger partial charge < -0.3 is 14.6 Å². The lowest BCUT2D eigenvalue weighted by molar-refractivity contribution is 0.158. The number of hydrogen-bond acceptors (Lipinski definition) is 6. The molecule has 4 rings (SSSR count). The topological polar surface area (TPSA) is 80.5 Å². The van der Waals surface area contributed by atoms with Gasteiger partial charge in [-0.05, 0) is 43.0 Å². The van der Waals surface area contributed by atoms with E-state index in [1.54, 1.807) is 35.9 Å². The zero-order valence-corrected chi connectivity index (χ0v) is 18.8. The van der Waals surface area contributed by atoms with E-state index in [-0.39, 0.29) is 23.6 Å². The van der Waals surface area contributed by atoms with Gasteiger partial charge in [-0.15, -0.1) is 11.8 Å². The highest BCUT2D eigenvalue weighted by Crippen LogP contribution is 2.37. The summed E-state index contributed by atoms with van der Waals surface area (Å²) < 4.78 is 24.4. The number of hydrogen-bond donors (Lipinski definition) is 1. The van der Waals surface area contributed by atoms with Crippen LogP contribution in [0.5, 0.6) is 0 Å². The van der Waals surface area contributed by atoms with E-state index >= 15 is 0 Å². The number of halogens is 1. The number of benzene rings is 2.